The molecule has 0 unspecified atom stereocenters. The number of anilines is 1. The first-order valence-electron chi connectivity index (χ1n) is 9.83. The number of benzene rings is 1. The van der Waals surface area contributed by atoms with Gasteiger partial charge in [-0.3, -0.25) is 9.59 Å². The average Bonchev–Trinajstić information content (AvgIpc) is 2.98. The second-order valence-electron chi connectivity index (χ2n) is 7.14. The number of sulfonamides is 1. The monoisotopic (exact) mass is 434 g/mol. The van der Waals surface area contributed by atoms with Gasteiger partial charge < -0.3 is 10.1 Å². The smallest absolute Gasteiger partial charge is 0.249 e. The number of rotatable bonds is 8. The van der Waals surface area contributed by atoms with Crippen molar-refractivity contribution in [2.24, 2.45) is 0 Å². The molecule has 2 heterocycles. The van der Waals surface area contributed by atoms with Crippen LogP contribution in [0.1, 0.15) is 42.2 Å². The molecule has 2 N–H and O–H groups in total. The molecule has 9 nitrogen and oxygen atoms in total. The van der Waals surface area contributed by atoms with Crippen LogP contribution in [0.3, 0.4) is 0 Å². The van der Waals surface area contributed by atoms with E-state index in [0.29, 0.717) is 34.6 Å². The first-order chi connectivity index (χ1) is 14.3. The van der Waals surface area contributed by atoms with Crippen molar-refractivity contribution in [2.75, 3.05) is 25.6 Å². The summed E-state index contributed by atoms with van der Waals surface area (Å²) < 4.78 is 34.3. The van der Waals surface area contributed by atoms with E-state index in [1.807, 2.05) is 6.92 Å². The lowest BCUT2D eigenvalue weighted by Crippen LogP contribution is -2.27. The summed E-state index contributed by atoms with van der Waals surface area (Å²) in [5.74, 6) is -0.244. The maximum Gasteiger partial charge on any atom is 0.249 e. The van der Waals surface area contributed by atoms with E-state index in [1.54, 1.807) is 25.1 Å². The molecular formula is C20H26N4O5S. The van der Waals surface area contributed by atoms with E-state index in [9.17, 15) is 18.0 Å². The SMILES string of the molecule is CCCc1nn2c(c1-c1ccc(C)c(S(=O)(=O)NCCOC)c1)NC(=O)CCC2=O. The van der Waals surface area contributed by atoms with E-state index in [1.165, 1.54) is 11.8 Å². The van der Waals surface area contributed by atoms with E-state index < -0.39 is 10.0 Å². The Balaban J connectivity index is 2.14. The highest BCUT2D eigenvalue weighted by Gasteiger charge is 2.28. The van der Waals surface area contributed by atoms with Gasteiger partial charge in [-0.15, -0.1) is 0 Å². The molecule has 1 aliphatic rings. The lowest BCUT2D eigenvalue weighted by atomic mass is 10.0. The second-order valence-corrected chi connectivity index (χ2v) is 8.88. The summed E-state index contributed by atoms with van der Waals surface area (Å²) in [5.41, 5.74) is 2.38. The number of fused-ring (bicyclic) bond motifs is 1. The van der Waals surface area contributed by atoms with E-state index in [2.05, 4.69) is 15.1 Å². The molecule has 1 aromatic heterocycles. The Kier molecular flexibility index (Phi) is 6.69. The van der Waals surface area contributed by atoms with Crippen molar-refractivity contribution in [2.45, 2.75) is 44.4 Å². The molecule has 2 aromatic rings. The van der Waals surface area contributed by atoms with E-state index in [-0.39, 0.29) is 42.7 Å². The van der Waals surface area contributed by atoms with Crippen LogP contribution in [0.4, 0.5) is 5.82 Å². The van der Waals surface area contributed by atoms with E-state index in [0.717, 1.165) is 6.42 Å². The Hall–Kier alpha value is -2.56. The lowest BCUT2D eigenvalue weighted by Gasteiger charge is -2.13. The Morgan fingerprint density at radius 3 is 2.73 bits per heavy atom. The zero-order chi connectivity index (χ0) is 21.9. The summed E-state index contributed by atoms with van der Waals surface area (Å²) in [6.07, 6.45) is 1.52. The molecule has 3 rings (SSSR count). The van der Waals surface area contributed by atoms with Gasteiger partial charge in [0, 0.05) is 32.1 Å². The molecule has 162 valence electrons. The molecule has 0 fully saturated rings. The Morgan fingerprint density at radius 2 is 2.03 bits per heavy atom. The molecule has 1 aromatic carbocycles. The topological polar surface area (TPSA) is 119 Å². The van der Waals surface area contributed by atoms with Crippen molar-refractivity contribution in [3.05, 3.63) is 29.5 Å². The van der Waals surface area contributed by atoms with Gasteiger partial charge in [0.1, 0.15) is 5.82 Å². The number of carbonyl (C=O) groups is 2. The summed E-state index contributed by atoms with van der Waals surface area (Å²) in [4.78, 5) is 24.7. The van der Waals surface area contributed by atoms with E-state index >= 15 is 0 Å². The van der Waals surface area contributed by atoms with Crippen LogP contribution in [0.2, 0.25) is 0 Å². The van der Waals surface area contributed by atoms with Crippen LogP contribution < -0.4 is 10.0 Å². The fourth-order valence-corrected chi connectivity index (χ4v) is 4.68. The average molecular weight is 435 g/mol. The molecule has 0 saturated carbocycles. The first-order valence-corrected chi connectivity index (χ1v) is 11.3. The van der Waals surface area contributed by atoms with Crippen molar-refractivity contribution in [3.8, 4) is 11.1 Å². The van der Waals surface area contributed by atoms with Crippen molar-refractivity contribution < 1.29 is 22.7 Å². The van der Waals surface area contributed by atoms with Gasteiger partial charge >= 0.3 is 0 Å². The highest BCUT2D eigenvalue weighted by molar-refractivity contribution is 7.89. The number of aromatic nitrogens is 2. The van der Waals surface area contributed by atoms with Crippen molar-refractivity contribution in [1.82, 2.24) is 14.5 Å². The second kappa shape index (κ2) is 9.07. The van der Waals surface area contributed by atoms with Crippen molar-refractivity contribution in [3.63, 3.8) is 0 Å². The van der Waals surface area contributed by atoms with Crippen LogP contribution in [0.15, 0.2) is 23.1 Å². The maximum absolute atomic E-state index is 12.8. The third-order valence-electron chi connectivity index (χ3n) is 4.87. The number of amides is 1. The molecule has 0 aliphatic carbocycles. The quantitative estimate of drug-likeness (QED) is 0.614. The molecule has 0 radical (unpaired) electrons. The number of nitrogens with one attached hydrogen (secondary N) is 2. The van der Waals surface area contributed by atoms with Crippen molar-refractivity contribution >= 4 is 27.7 Å². The van der Waals surface area contributed by atoms with Gasteiger partial charge in [0.15, 0.2) is 0 Å². The number of hydrogen-bond acceptors (Lipinski definition) is 6. The van der Waals surface area contributed by atoms with Gasteiger partial charge in [0.25, 0.3) is 0 Å². The van der Waals surface area contributed by atoms with Gasteiger partial charge in [-0.1, -0.05) is 25.5 Å². The molecule has 1 aliphatic heterocycles. The van der Waals surface area contributed by atoms with Gasteiger partial charge in [0.05, 0.1) is 17.2 Å². The predicted molar refractivity (Wildman–Crippen MR) is 112 cm³/mol. The predicted octanol–water partition coefficient (Wildman–Crippen LogP) is 2.11. The molecule has 10 heteroatoms. The molecule has 30 heavy (non-hydrogen) atoms. The fraction of sp³-hybridized carbons (Fsp3) is 0.450. The molecular weight excluding hydrogens is 408 g/mol. The summed E-state index contributed by atoms with van der Waals surface area (Å²) in [6, 6.07) is 5.05. The minimum Gasteiger partial charge on any atom is -0.383 e. The lowest BCUT2D eigenvalue weighted by molar-refractivity contribution is -0.116. The van der Waals surface area contributed by atoms with Crippen molar-refractivity contribution in [1.29, 1.82) is 0 Å². The number of nitrogens with zero attached hydrogens (tertiary/aromatic N) is 2. The van der Waals surface area contributed by atoms with Crippen LogP contribution in [-0.4, -0.2) is 50.3 Å². The van der Waals surface area contributed by atoms with Gasteiger partial charge in [-0.2, -0.15) is 9.78 Å². The Morgan fingerprint density at radius 1 is 1.27 bits per heavy atom. The molecule has 0 spiro atoms. The highest BCUT2D eigenvalue weighted by Crippen LogP contribution is 2.36. The number of aryl methyl sites for hydroxylation is 2. The highest BCUT2D eigenvalue weighted by atomic mass is 32.2. The normalized spacial score (nSPS) is 14.4. The summed E-state index contributed by atoms with van der Waals surface area (Å²) in [6.45, 7) is 4.10. The number of methoxy groups -OCH3 is 1. The van der Waals surface area contributed by atoms with Crippen LogP contribution in [0.5, 0.6) is 0 Å². The Labute approximate surface area is 175 Å². The minimum atomic E-state index is -3.76. The molecule has 0 saturated heterocycles. The maximum atomic E-state index is 12.8. The van der Waals surface area contributed by atoms with Crippen LogP contribution in [0, 0.1) is 6.92 Å². The summed E-state index contributed by atoms with van der Waals surface area (Å²) in [5, 5.41) is 7.21. The van der Waals surface area contributed by atoms with Gasteiger partial charge in [-0.25, -0.2) is 13.1 Å². The molecule has 0 atom stereocenters. The third kappa shape index (κ3) is 4.45. The van der Waals surface area contributed by atoms with Gasteiger partial charge in [-0.05, 0) is 30.5 Å². The zero-order valence-electron chi connectivity index (χ0n) is 17.3. The van der Waals surface area contributed by atoms with Crippen LogP contribution in [0.25, 0.3) is 11.1 Å². The fourth-order valence-electron chi connectivity index (χ4n) is 3.40. The standard InChI is InChI=1S/C20H26N4O5S/c1-4-5-15-19(20-22-17(25)8-9-18(26)24(20)23-15)14-7-6-13(2)16(12-14)30(27,28)21-10-11-29-3/h6-7,12,21H,4-5,8-11H2,1-3H3,(H,22,25). The zero-order valence-corrected chi connectivity index (χ0v) is 18.1. The minimum absolute atomic E-state index is 0.0719. The molecule has 0 bridgehead atoms. The largest absolute Gasteiger partial charge is 0.383 e. The third-order valence-corrected chi connectivity index (χ3v) is 6.47. The number of hydrogen-bond donors (Lipinski definition) is 2. The molecule has 1 amide bonds. The first kappa shape index (κ1) is 22.1. The van der Waals surface area contributed by atoms with Crippen LogP contribution in [-0.2, 0) is 26.0 Å². The van der Waals surface area contributed by atoms with E-state index in [4.69, 9.17) is 4.74 Å². The Bertz CT molecular complexity index is 1080. The summed E-state index contributed by atoms with van der Waals surface area (Å²) >= 11 is 0. The van der Waals surface area contributed by atoms with Gasteiger partial charge in [0.2, 0.25) is 21.8 Å². The number of ether oxygens (including phenoxy) is 1. The van der Waals surface area contributed by atoms with Crippen LogP contribution >= 0.6 is 0 Å². The number of carbonyl (C=O) groups excluding carboxylic acids is 2. The summed E-state index contributed by atoms with van der Waals surface area (Å²) in [7, 11) is -2.27.